The first-order valence-electron chi connectivity index (χ1n) is 7.40. The maximum absolute atomic E-state index is 5.27. The average Bonchev–Trinajstić information content (AvgIpc) is 3.34. The maximum atomic E-state index is 5.27. The highest BCUT2D eigenvalue weighted by molar-refractivity contribution is 5.57. The van der Waals surface area contributed by atoms with E-state index in [4.69, 9.17) is 8.83 Å². The molecule has 0 fully saturated rings. The molecule has 2 aromatic carbocycles. The number of hydrogen-bond acceptors (Lipinski definition) is 4. The minimum Gasteiger partial charge on any atom is -0.445 e. The van der Waals surface area contributed by atoms with Crippen LogP contribution in [0, 0.1) is 11.8 Å². The van der Waals surface area contributed by atoms with Crippen LogP contribution in [0.5, 0.6) is 0 Å². The fourth-order valence-corrected chi connectivity index (χ4v) is 2.27. The highest BCUT2D eigenvalue weighted by Crippen LogP contribution is 2.18. The van der Waals surface area contributed by atoms with Gasteiger partial charge in [0.05, 0.1) is 12.4 Å². The van der Waals surface area contributed by atoms with E-state index >= 15 is 0 Å². The van der Waals surface area contributed by atoms with Crippen molar-refractivity contribution in [3.8, 4) is 34.7 Å². The zero-order valence-corrected chi connectivity index (χ0v) is 12.6. The zero-order valence-electron chi connectivity index (χ0n) is 12.6. The van der Waals surface area contributed by atoms with E-state index in [2.05, 4.69) is 21.8 Å². The van der Waals surface area contributed by atoms with Crippen LogP contribution in [-0.4, -0.2) is 9.97 Å². The van der Waals surface area contributed by atoms with Gasteiger partial charge in [-0.1, -0.05) is 11.8 Å². The molecular formula is C20H12N2O2. The van der Waals surface area contributed by atoms with E-state index in [0.717, 1.165) is 22.3 Å². The van der Waals surface area contributed by atoms with Crippen molar-refractivity contribution < 1.29 is 8.83 Å². The fourth-order valence-electron chi connectivity index (χ4n) is 2.27. The van der Waals surface area contributed by atoms with Crippen LogP contribution in [0.1, 0.15) is 11.1 Å². The third-order valence-electron chi connectivity index (χ3n) is 3.48. The van der Waals surface area contributed by atoms with Crippen molar-refractivity contribution in [2.75, 3.05) is 0 Å². The lowest BCUT2D eigenvalue weighted by Gasteiger charge is -1.96. The van der Waals surface area contributed by atoms with Crippen molar-refractivity contribution in [1.29, 1.82) is 0 Å². The molecular weight excluding hydrogens is 300 g/mol. The van der Waals surface area contributed by atoms with Gasteiger partial charge in [-0.3, -0.25) is 0 Å². The summed E-state index contributed by atoms with van der Waals surface area (Å²) in [6, 6.07) is 15.6. The second kappa shape index (κ2) is 6.27. The SMILES string of the molecule is C(#Cc1ccc(-c2ncco2)cc1)c1ccc(-c2ncco2)cc1. The summed E-state index contributed by atoms with van der Waals surface area (Å²) in [5, 5.41) is 0. The van der Waals surface area contributed by atoms with Crippen LogP contribution in [0.25, 0.3) is 22.9 Å². The van der Waals surface area contributed by atoms with Crippen LogP contribution in [-0.2, 0) is 0 Å². The Kier molecular flexibility index (Phi) is 3.67. The average molecular weight is 312 g/mol. The molecule has 0 atom stereocenters. The van der Waals surface area contributed by atoms with Crippen LogP contribution in [0.2, 0.25) is 0 Å². The molecule has 24 heavy (non-hydrogen) atoms. The predicted octanol–water partition coefficient (Wildman–Crippen LogP) is 4.40. The Hall–Kier alpha value is -3.58. The lowest BCUT2D eigenvalue weighted by molar-refractivity contribution is 0.574. The van der Waals surface area contributed by atoms with Crippen LogP contribution in [0.15, 0.2) is 82.3 Å². The lowest BCUT2D eigenvalue weighted by Crippen LogP contribution is -1.80. The van der Waals surface area contributed by atoms with E-state index in [1.54, 1.807) is 24.9 Å². The van der Waals surface area contributed by atoms with E-state index in [1.165, 1.54) is 0 Å². The van der Waals surface area contributed by atoms with Crippen molar-refractivity contribution >= 4 is 0 Å². The van der Waals surface area contributed by atoms with Crippen LogP contribution in [0.4, 0.5) is 0 Å². The third-order valence-corrected chi connectivity index (χ3v) is 3.48. The first-order chi connectivity index (χ1) is 11.9. The summed E-state index contributed by atoms with van der Waals surface area (Å²) in [6.07, 6.45) is 6.38. The smallest absolute Gasteiger partial charge is 0.225 e. The molecule has 0 unspecified atom stereocenters. The summed E-state index contributed by atoms with van der Waals surface area (Å²) < 4.78 is 10.5. The van der Waals surface area contributed by atoms with Crippen LogP contribution in [0.3, 0.4) is 0 Å². The van der Waals surface area contributed by atoms with Crippen molar-refractivity contribution in [3.05, 3.63) is 84.6 Å². The van der Waals surface area contributed by atoms with Gasteiger partial charge in [0.15, 0.2) is 0 Å². The van der Waals surface area contributed by atoms with Gasteiger partial charge < -0.3 is 8.83 Å². The Morgan fingerprint density at radius 1 is 0.583 bits per heavy atom. The molecule has 0 bridgehead atoms. The largest absolute Gasteiger partial charge is 0.445 e. The summed E-state index contributed by atoms with van der Waals surface area (Å²) >= 11 is 0. The van der Waals surface area contributed by atoms with E-state index in [1.807, 2.05) is 48.5 Å². The van der Waals surface area contributed by atoms with Crippen molar-refractivity contribution in [2.45, 2.75) is 0 Å². The van der Waals surface area contributed by atoms with Crippen LogP contribution < -0.4 is 0 Å². The first kappa shape index (κ1) is 14.0. The van der Waals surface area contributed by atoms with Crippen LogP contribution >= 0.6 is 0 Å². The zero-order chi connectivity index (χ0) is 16.2. The lowest BCUT2D eigenvalue weighted by atomic mass is 10.1. The molecule has 114 valence electrons. The molecule has 0 spiro atoms. The molecule has 0 radical (unpaired) electrons. The van der Waals surface area contributed by atoms with Gasteiger partial charge in [0.2, 0.25) is 11.8 Å². The standard InChI is InChI=1S/C20H12N2O2/c1(15-3-7-17(8-4-15)19-21-11-13-23-19)2-16-5-9-18(10-6-16)20-22-12-14-24-20/h3-14H. The van der Waals surface area contributed by atoms with Gasteiger partial charge in [-0.2, -0.15) is 0 Å². The monoisotopic (exact) mass is 312 g/mol. The van der Waals surface area contributed by atoms with Gasteiger partial charge in [0.1, 0.15) is 12.5 Å². The molecule has 4 aromatic rings. The minimum atomic E-state index is 0.608. The molecule has 2 aromatic heterocycles. The Labute approximate surface area is 138 Å². The number of nitrogens with zero attached hydrogens (tertiary/aromatic N) is 2. The van der Waals surface area contributed by atoms with Gasteiger partial charge in [-0.25, -0.2) is 9.97 Å². The molecule has 0 saturated carbocycles. The molecule has 0 amide bonds. The van der Waals surface area contributed by atoms with E-state index in [0.29, 0.717) is 11.8 Å². The summed E-state index contributed by atoms with van der Waals surface area (Å²) in [5.41, 5.74) is 3.73. The van der Waals surface area contributed by atoms with E-state index in [9.17, 15) is 0 Å². The summed E-state index contributed by atoms with van der Waals surface area (Å²) in [7, 11) is 0. The molecule has 0 aliphatic carbocycles. The molecule has 0 saturated heterocycles. The quantitative estimate of drug-likeness (QED) is 0.515. The van der Waals surface area contributed by atoms with Gasteiger partial charge in [0.25, 0.3) is 0 Å². The van der Waals surface area contributed by atoms with Gasteiger partial charge >= 0.3 is 0 Å². The van der Waals surface area contributed by atoms with E-state index < -0.39 is 0 Å². The molecule has 2 heterocycles. The van der Waals surface area contributed by atoms with Gasteiger partial charge in [0, 0.05) is 22.3 Å². The number of oxazole rings is 2. The molecule has 4 rings (SSSR count). The van der Waals surface area contributed by atoms with E-state index in [-0.39, 0.29) is 0 Å². The fraction of sp³-hybridized carbons (Fsp3) is 0. The number of benzene rings is 2. The molecule has 0 aliphatic heterocycles. The second-order valence-electron chi connectivity index (χ2n) is 5.08. The Morgan fingerprint density at radius 2 is 1.00 bits per heavy atom. The Balaban J connectivity index is 1.51. The maximum Gasteiger partial charge on any atom is 0.225 e. The topological polar surface area (TPSA) is 52.1 Å². The summed E-state index contributed by atoms with van der Waals surface area (Å²) in [6.45, 7) is 0. The third kappa shape index (κ3) is 2.96. The number of hydrogen-bond donors (Lipinski definition) is 0. The van der Waals surface area contributed by atoms with Gasteiger partial charge in [-0.05, 0) is 48.5 Å². The molecule has 4 nitrogen and oxygen atoms in total. The first-order valence-corrected chi connectivity index (χ1v) is 7.40. The van der Waals surface area contributed by atoms with Crippen molar-refractivity contribution in [2.24, 2.45) is 0 Å². The number of rotatable bonds is 2. The molecule has 0 aliphatic rings. The normalized spacial score (nSPS) is 10.2. The van der Waals surface area contributed by atoms with Gasteiger partial charge in [-0.15, -0.1) is 0 Å². The second-order valence-corrected chi connectivity index (χ2v) is 5.08. The minimum absolute atomic E-state index is 0.608. The highest BCUT2D eigenvalue weighted by atomic mass is 16.3. The summed E-state index contributed by atoms with van der Waals surface area (Å²) in [4.78, 5) is 8.25. The Bertz CT molecular complexity index is 891. The Morgan fingerprint density at radius 3 is 1.33 bits per heavy atom. The van der Waals surface area contributed by atoms with Crippen molar-refractivity contribution in [3.63, 3.8) is 0 Å². The predicted molar refractivity (Wildman–Crippen MR) is 89.9 cm³/mol. The van der Waals surface area contributed by atoms with Crippen molar-refractivity contribution in [1.82, 2.24) is 9.97 Å². The molecule has 4 heteroatoms. The summed E-state index contributed by atoms with van der Waals surface area (Å²) in [5.74, 6) is 7.51. The highest BCUT2D eigenvalue weighted by Gasteiger charge is 2.02. The number of aromatic nitrogens is 2. The molecule has 0 N–H and O–H groups in total.